The lowest BCUT2D eigenvalue weighted by molar-refractivity contribution is -0.118. The molecule has 0 atom stereocenters. The Kier molecular flexibility index (Phi) is 9.74. The second-order valence-corrected chi connectivity index (χ2v) is 6.79. The van der Waals surface area contributed by atoms with Gasteiger partial charge in [-0.1, -0.05) is 19.3 Å². The van der Waals surface area contributed by atoms with E-state index < -0.39 is 0 Å². The van der Waals surface area contributed by atoms with Crippen LogP contribution in [0.5, 0.6) is 0 Å². The minimum Gasteiger partial charge on any atom is -1.00 e. The molecule has 0 spiro atoms. The van der Waals surface area contributed by atoms with Gasteiger partial charge in [0.05, 0.1) is 0 Å². The maximum atomic E-state index is 12.3. The lowest BCUT2D eigenvalue weighted by Crippen LogP contribution is -3.00. The summed E-state index contributed by atoms with van der Waals surface area (Å²) < 4.78 is 0. The first kappa shape index (κ1) is 22.9. The van der Waals surface area contributed by atoms with Crippen LogP contribution in [0.25, 0.3) is 0 Å². The van der Waals surface area contributed by atoms with Crippen LogP contribution >= 0.6 is 0 Å². The van der Waals surface area contributed by atoms with Crippen LogP contribution in [0.2, 0.25) is 0 Å². The maximum absolute atomic E-state index is 12.3. The summed E-state index contributed by atoms with van der Waals surface area (Å²) in [4.78, 5) is 14.6. The van der Waals surface area contributed by atoms with E-state index in [2.05, 4.69) is 41.5 Å². The molecule has 0 unspecified atom stereocenters. The third kappa shape index (κ3) is 6.48. The summed E-state index contributed by atoms with van der Waals surface area (Å²) in [6.45, 7) is 8.22. The molecule has 0 radical (unpaired) electrons. The molecule has 1 aromatic rings. The molecule has 27 heavy (non-hydrogen) atoms. The van der Waals surface area contributed by atoms with Crippen molar-refractivity contribution in [3.8, 4) is 6.07 Å². The van der Waals surface area contributed by atoms with E-state index in [1.54, 1.807) is 0 Å². The fraction of sp³-hybridized carbons (Fsp3) is 0.524. The number of amides is 1. The van der Waals surface area contributed by atoms with Crippen molar-refractivity contribution in [3.63, 3.8) is 0 Å². The van der Waals surface area contributed by atoms with E-state index >= 15 is 0 Å². The first-order chi connectivity index (χ1) is 12.6. The number of nitrogens with zero attached hydrogens (tertiary/aromatic N) is 2. The minimum atomic E-state index is -0.288. The Morgan fingerprint density at radius 2 is 1.93 bits per heavy atom. The molecule has 6 heteroatoms. The highest BCUT2D eigenvalue weighted by molar-refractivity contribution is 5.97. The largest absolute Gasteiger partial charge is 1.00 e. The van der Waals surface area contributed by atoms with Crippen molar-refractivity contribution in [1.82, 2.24) is 5.32 Å². The van der Waals surface area contributed by atoms with Crippen LogP contribution in [0.15, 0.2) is 30.0 Å². The van der Waals surface area contributed by atoms with Crippen molar-refractivity contribution in [2.45, 2.75) is 58.9 Å². The highest BCUT2D eigenvalue weighted by Gasteiger charge is 2.18. The normalized spacial score (nSPS) is 14.7. The first-order valence-electron chi connectivity index (χ1n) is 9.62. The van der Waals surface area contributed by atoms with Gasteiger partial charge in [0, 0.05) is 36.7 Å². The second kappa shape index (κ2) is 11.5. The molecular formula is C21H30ClN4O-. The number of benzene rings is 1. The van der Waals surface area contributed by atoms with Crippen molar-refractivity contribution in [1.29, 1.82) is 5.26 Å². The zero-order chi connectivity index (χ0) is 18.9. The van der Waals surface area contributed by atoms with Crippen molar-refractivity contribution >= 4 is 17.3 Å². The van der Waals surface area contributed by atoms with Gasteiger partial charge in [0.25, 0.3) is 5.91 Å². The van der Waals surface area contributed by atoms with Gasteiger partial charge in [-0.05, 0) is 57.4 Å². The molecular weight excluding hydrogens is 360 g/mol. The molecule has 1 amide bonds. The Labute approximate surface area is 169 Å². The molecule has 2 rings (SSSR count). The predicted octanol–water partition coefficient (Wildman–Crippen LogP) is 1.11. The summed E-state index contributed by atoms with van der Waals surface area (Å²) in [5, 5.41) is 15.4. The van der Waals surface area contributed by atoms with Gasteiger partial charge in [-0.2, -0.15) is 5.26 Å². The van der Waals surface area contributed by atoms with Crippen molar-refractivity contribution in [2.75, 3.05) is 23.3 Å². The highest BCUT2D eigenvalue weighted by Crippen LogP contribution is 2.23. The molecule has 0 aliphatic heterocycles. The predicted molar refractivity (Wildman–Crippen MR) is 107 cm³/mol. The van der Waals surface area contributed by atoms with Crippen molar-refractivity contribution < 1.29 is 17.2 Å². The Balaban J connectivity index is 0.00000364. The van der Waals surface area contributed by atoms with Crippen LogP contribution in [-0.2, 0) is 4.79 Å². The number of halogens is 1. The summed E-state index contributed by atoms with van der Waals surface area (Å²) in [6, 6.07) is 8.38. The van der Waals surface area contributed by atoms with Gasteiger partial charge in [-0.15, -0.1) is 0 Å². The molecule has 148 valence electrons. The van der Waals surface area contributed by atoms with Crippen LogP contribution in [-0.4, -0.2) is 25.0 Å². The van der Waals surface area contributed by atoms with Crippen molar-refractivity contribution in [2.24, 2.45) is 0 Å². The molecule has 1 aliphatic rings. The third-order valence-electron chi connectivity index (χ3n) is 5.02. The fourth-order valence-electron chi connectivity index (χ4n) is 3.40. The zero-order valence-electron chi connectivity index (χ0n) is 16.5. The maximum Gasteiger partial charge on any atom is 0.263 e. The number of hydrogen-bond acceptors (Lipinski definition) is 4. The topological polar surface area (TPSA) is 68.2 Å². The van der Waals surface area contributed by atoms with Gasteiger partial charge in [-0.3, -0.25) is 4.79 Å². The van der Waals surface area contributed by atoms with E-state index in [4.69, 9.17) is 0 Å². The Hall–Kier alpha value is -2.19. The number of anilines is 2. The lowest BCUT2D eigenvalue weighted by Gasteiger charge is -2.22. The molecule has 5 nitrogen and oxygen atoms in total. The van der Waals surface area contributed by atoms with Gasteiger partial charge in [0.2, 0.25) is 0 Å². The second-order valence-electron chi connectivity index (χ2n) is 6.79. The first-order valence-corrected chi connectivity index (χ1v) is 9.62. The van der Waals surface area contributed by atoms with E-state index in [0.717, 1.165) is 50.0 Å². The van der Waals surface area contributed by atoms with Crippen LogP contribution in [0.3, 0.4) is 0 Å². The monoisotopic (exact) mass is 389 g/mol. The average Bonchev–Trinajstić information content (AvgIpc) is 2.65. The molecule has 1 aliphatic carbocycles. The molecule has 1 fully saturated rings. The number of nitrogens with one attached hydrogen (secondary N) is 2. The lowest BCUT2D eigenvalue weighted by atomic mass is 9.95. The molecule has 0 bridgehead atoms. The van der Waals surface area contributed by atoms with Gasteiger partial charge >= 0.3 is 0 Å². The van der Waals surface area contributed by atoms with Crippen LogP contribution in [0, 0.1) is 18.3 Å². The number of aryl methyl sites for hydroxylation is 1. The molecule has 0 heterocycles. The Morgan fingerprint density at radius 3 is 2.48 bits per heavy atom. The standard InChI is InChI=1S/C21H30N4O.ClH/c1-4-25(5-2)19-11-12-20(16(3)13-19)23-15-17(14-22)21(26)24-18-9-7-6-8-10-18;/h11-13,15,18,23H,4-10H2,1-3H3,(H,24,26);1H/p-1/b17-15-;. The Bertz CT molecular complexity index is 686. The van der Waals surface area contributed by atoms with Gasteiger partial charge in [0.15, 0.2) is 0 Å². The number of hydrogen-bond donors (Lipinski definition) is 2. The third-order valence-corrected chi connectivity index (χ3v) is 5.02. The molecule has 1 saturated carbocycles. The van der Waals surface area contributed by atoms with Gasteiger partial charge in [-0.25, -0.2) is 0 Å². The van der Waals surface area contributed by atoms with E-state index in [0.29, 0.717) is 0 Å². The van der Waals surface area contributed by atoms with E-state index in [9.17, 15) is 10.1 Å². The van der Waals surface area contributed by atoms with E-state index in [1.807, 2.05) is 19.1 Å². The SMILES string of the molecule is CCN(CC)c1ccc(N/C=C(/C#N)C(=O)NC2CCCCC2)c(C)c1.[Cl-]. The molecule has 1 aromatic carbocycles. The van der Waals surface area contributed by atoms with Crippen molar-refractivity contribution in [3.05, 3.63) is 35.5 Å². The van der Waals surface area contributed by atoms with E-state index in [1.165, 1.54) is 18.3 Å². The highest BCUT2D eigenvalue weighted by atomic mass is 35.5. The average molecular weight is 390 g/mol. The summed E-state index contributed by atoms with van der Waals surface area (Å²) in [7, 11) is 0. The quantitative estimate of drug-likeness (QED) is 0.541. The smallest absolute Gasteiger partial charge is 0.263 e. The number of nitriles is 1. The van der Waals surface area contributed by atoms with Gasteiger partial charge < -0.3 is 27.9 Å². The zero-order valence-corrected chi connectivity index (χ0v) is 17.3. The van der Waals surface area contributed by atoms with E-state index in [-0.39, 0.29) is 29.9 Å². The fourth-order valence-corrected chi connectivity index (χ4v) is 3.40. The summed E-state index contributed by atoms with van der Waals surface area (Å²) >= 11 is 0. The number of carbonyl (C=O) groups is 1. The summed E-state index contributed by atoms with van der Waals surface area (Å²) in [5.41, 5.74) is 3.27. The summed E-state index contributed by atoms with van der Waals surface area (Å²) in [5.74, 6) is -0.288. The number of carbonyl (C=O) groups excluding carboxylic acids is 1. The Morgan fingerprint density at radius 1 is 1.26 bits per heavy atom. The minimum absolute atomic E-state index is 0. The van der Waals surface area contributed by atoms with Crippen LogP contribution in [0.4, 0.5) is 11.4 Å². The van der Waals surface area contributed by atoms with Gasteiger partial charge in [0.1, 0.15) is 11.6 Å². The van der Waals surface area contributed by atoms with Crippen LogP contribution in [0.1, 0.15) is 51.5 Å². The molecule has 0 saturated heterocycles. The van der Waals surface area contributed by atoms with Crippen LogP contribution < -0.4 is 27.9 Å². The molecule has 2 N–H and O–H groups in total. The summed E-state index contributed by atoms with van der Waals surface area (Å²) in [6.07, 6.45) is 7.04. The number of rotatable bonds is 7. The molecule has 0 aromatic heterocycles.